The maximum absolute atomic E-state index is 4.75. The lowest BCUT2D eigenvalue weighted by molar-refractivity contribution is 0.751. The Bertz CT molecular complexity index is 564. The van der Waals surface area contributed by atoms with Crippen molar-refractivity contribution in [3.63, 3.8) is 0 Å². The van der Waals surface area contributed by atoms with Crippen LogP contribution in [0.3, 0.4) is 0 Å². The zero-order valence-corrected chi connectivity index (χ0v) is 12.7. The maximum Gasteiger partial charge on any atom is 0.0928 e. The lowest BCUT2D eigenvalue weighted by Crippen LogP contribution is -2.23. The predicted molar refractivity (Wildman–Crippen MR) is 86.7 cm³/mol. The first-order chi connectivity index (χ1) is 9.86. The van der Waals surface area contributed by atoms with Gasteiger partial charge >= 0.3 is 0 Å². The zero-order chi connectivity index (χ0) is 13.8. The van der Waals surface area contributed by atoms with Gasteiger partial charge in [-0.15, -0.1) is 11.3 Å². The van der Waals surface area contributed by atoms with Gasteiger partial charge < -0.3 is 10.2 Å². The molecule has 1 aromatic heterocycles. The third-order valence-corrected chi connectivity index (χ3v) is 4.54. The summed E-state index contributed by atoms with van der Waals surface area (Å²) in [5, 5.41) is 6.99. The summed E-state index contributed by atoms with van der Waals surface area (Å²) in [4.78, 5) is 7.20. The van der Waals surface area contributed by atoms with E-state index in [0.717, 1.165) is 26.1 Å². The first kappa shape index (κ1) is 13.4. The fourth-order valence-electron chi connectivity index (χ4n) is 2.62. The summed E-state index contributed by atoms with van der Waals surface area (Å²) in [6, 6.07) is 8.57. The van der Waals surface area contributed by atoms with Gasteiger partial charge in [0.05, 0.1) is 28.6 Å². The molecule has 0 amide bonds. The number of rotatable bonds is 4. The lowest BCUT2D eigenvalue weighted by Gasteiger charge is -2.23. The van der Waals surface area contributed by atoms with Crippen molar-refractivity contribution >= 4 is 22.7 Å². The number of nitrogens with zero attached hydrogens (tertiary/aromatic N) is 2. The quantitative estimate of drug-likeness (QED) is 0.924. The first-order valence-corrected chi connectivity index (χ1v) is 8.26. The highest BCUT2D eigenvalue weighted by atomic mass is 32.1. The van der Waals surface area contributed by atoms with Crippen LogP contribution in [0.25, 0.3) is 0 Å². The number of thiazole rings is 1. The molecule has 0 saturated carbocycles. The van der Waals surface area contributed by atoms with Gasteiger partial charge in [0.25, 0.3) is 0 Å². The highest BCUT2D eigenvalue weighted by Gasteiger charge is 2.15. The minimum Gasteiger partial charge on any atom is -0.383 e. The van der Waals surface area contributed by atoms with Crippen LogP contribution in [-0.4, -0.2) is 18.1 Å². The summed E-state index contributed by atoms with van der Waals surface area (Å²) in [6.45, 7) is 5.26. The Hall–Kier alpha value is -1.55. The number of hydrogen-bond acceptors (Lipinski definition) is 4. The highest BCUT2D eigenvalue weighted by Crippen LogP contribution is 2.29. The third-order valence-electron chi connectivity index (χ3n) is 3.58. The predicted octanol–water partition coefficient (Wildman–Crippen LogP) is 3.92. The first-order valence-electron chi connectivity index (χ1n) is 7.38. The molecule has 0 bridgehead atoms. The largest absolute Gasteiger partial charge is 0.383 e. The second-order valence-corrected chi connectivity index (χ2v) is 6.14. The van der Waals surface area contributed by atoms with E-state index in [2.05, 4.69) is 46.8 Å². The zero-order valence-electron chi connectivity index (χ0n) is 11.9. The number of aryl methyl sites for hydroxylation is 1. The van der Waals surface area contributed by atoms with Crippen LogP contribution in [-0.2, 0) is 13.0 Å². The molecule has 1 N–H and O–H groups in total. The number of para-hydroxylation sites is 2. The van der Waals surface area contributed by atoms with Crippen molar-refractivity contribution in [3.8, 4) is 0 Å². The molecule has 0 unspecified atom stereocenters. The Balaban J connectivity index is 1.79. The second kappa shape index (κ2) is 6.27. The summed E-state index contributed by atoms with van der Waals surface area (Å²) >= 11 is 1.80. The van der Waals surface area contributed by atoms with Crippen LogP contribution in [0.15, 0.2) is 29.6 Å². The minimum absolute atomic E-state index is 0.916. The average Bonchev–Trinajstić information content (AvgIpc) is 2.80. The molecule has 0 saturated heterocycles. The number of aromatic nitrogens is 1. The van der Waals surface area contributed by atoms with Crippen LogP contribution in [0.1, 0.15) is 30.5 Å². The monoisotopic (exact) mass is 287 g/mol. The summed E-state index contributed by atoms with van der Waals surface area (Å²) in [5.74, 6) is 0. The van der Waals surface area contributed by atoms with Gasteiger partial charge in [-0.3, -0.25) is 0 Å². The summed E-state index contributed by atoms with van der Waals surface area (Å²) in [5.41, 5.74) is 3.75. The highest BCUT2D eigenvalue weighted by molar-refractivity contribution is 7.09. The molecule has 3 nitrogen and oxygen atoms in total. The average molecular weight is 287 g/mol. The van der Waals surface area contributed by atoms with Crippen LogP contribution in [0.4, 0.5) is 11.4 Å². The molecule has 20 heavy (non-hydrogen) atoms. The molecule has 1 aromatic carbocycles. The van der Waals surface area contributed by atoms with Crippen LogP contribution in [0.5, 0.6) is 0 Å². The van der Waals surface area contributed by atoms with E-state index in [1.54, 1.807) is 11.3 Å². The maximum atomic E-state index is 4.75. The fourth-order valence-corrected chi connectivity index (χ4v) is 3.51. The van der Waals surface area contributed by atoms with Crippen LogP contribution < -0.4 is 10.2 Å². The summed E-state index contributed by atoms with van der Waals surface area (Å²) in [7, 11) is 0. The topological polar surface area (TPSA) is 28.2 Å². The molecule has 2 heterocycles. The fraction of sp³-hybridized carbons (Fsp3) is 0.438. The van der Waals surface area contributed by atoms with Crippen molar-refractivity contribution in [2.45, 2.75) is 32.7 Å². The molecular formula is C16H21N3S. The summed E-state index contributed by atoms with van der Waals surface area (Å²) < 4.78 is 0. The summed E-state index contributed by atoms with van der Waals surface area (Å²) in [6.07, 6.45) is 3.44. The van der Waals surface area contributed by atoms with E-state index in [9.17, 15) is 0 Å². The van der Waals surface area contributed by atoms with E-state index < -0.39 is 0 Å². The van der Waals surface area contributed by atoms with Gasteiger partial charge in [-0.25, -0.2) is 4.98 Å². The molecule has 1 aliphatic heterocycles. The van der Waals surface area contributed by atoms with E-state index in [1.165, 1.54) is 34.9 Å². The van der Waals surface area contributed by atoms with Crippen molar-refractivity contribution in [1.82, 2.24) is 4.98 Å². The lowest BCUT2D eigenvalue weighted by atomic mass is 10.2. The smallest absolute Gasteiger partial charge is 0.0928 e. The minimum atomic E-state index is 0.916. The van der Waals surface area contributed by atoms with Crippen molar-refractivity contribution in [3.05, 3.63) is 40.3 Å². The van der Waals surface area contributed by atoms with E-state index in [1.807, 2.05) is 0 Å². The molecule has 0 radical (unpaired) electrons. The number of benzene rings is 1. The SMILES string of the molecule is CCCc1nc(CN2CCCNc3ccccc32)cs1. The Morgan fingerprint density at radius 2 is 2.25 bits per heavy atom. The molecule has 2 aromatic rings. The van der Waals surface area contributed by atoms with Crippen LogP contribution >= 0.6 is 11.3 Å². The molecule has 0 aliphatic carbocycles. The Kier molecular flexibility index (Phi) is 4.21. The number of fused-ring (bicyclic) bond motifs is 1. The molecule has 1 aliphatic rings. The van der Waals surface area contributed by atoms with Crippen molar-refractivity contribution < 1.29 is 0 Å². The number of hydrogen-bond donors (Lipinski definition) is 1. The molecular weight excluding hydrogens is 266 g/mol. The van der Waals surface area contributed by atoms with Gasteiger partial charge in [0.1, 0.15) is 0 Å². The molecule has 0 fully saturated rings. The molecule has 0 atom stereocenters. The standard InChI is InChI=1S/C16H21N3S/c1-2-6-16-18-13(12-20-16)11-19-10-5-9-17-14-7-3-4-8-15(14)19/h3-4,7-8,12,17H,2,5-6,9-11H2,1H3. The van der Waals surface area contributed by atoms with E-state index in [0.29, 0.717) is 0 Å². The van der Waals surface area contributed by atoms with Crippen molar-refractivity contribution in [2.24, 2.45) is 0 Å². The van der Waals surface area contributed by atoms with Crippen molar-refractivity contribution in [1.29, 1.82) is 0 Å². The third kappa shape index (κ3) is 2.96. The number of nitrogens with one attached hydrogen (secondary N) is 1. The molecule has 3 rings (SSSR count). The number of anilines is 2. The second-order valence-electron chi connectivity index (χ2n) is 5.20. The molecule has 0 spiro atoms. The van der Waals surface area contributed by atoms with Gasteiger partial charge in [-0.1, -0.05) is 19.1 Å². The van der Waals surface area contributed by atoms with Gasteiger partial charge in [0.15, 0.2) is 0 Å². The van der Waals surface area contributed by atoms with Gasteiger partial charge in [-0.05, 0) is 31.4 Å². The van der Waals surface area contributed by atoms with Gasteiger partial charge in [0, 0.05) is 18.5 Å². The Morgan fingerprint density at radius 3 is 3.15 bits per heavy atom. The molecule has 4 heteroatoms. The van der Waals surface area contributed by atoms with E-state index >= 15 is 0 Å². The molecule has 106 valence electrons. The Labute approximate surface area is 124 Å². The Morgan fingerprint density at radius 1 is 1.35 bits per heavy atom. The normalized spacial score (nSPS) is 14.6. The van der Waals surface area contributed by atoms with E-state index in [4.69, 9.17) is 4.98 Å². The van der Waals surface area contributed by atoms with Crippen molar-refractivity contribution in [2.75, 3.05) is 23.3 Å². The van der Waals surface area contributed by atoms with Gasteiger partial charge in [-0.2, -0.15) is 0 Å². The van der Waals surface area contributed by atoms with E-state index in [-0.39, 0.29) is 0 Å². The van der Waals surface area contributed by atoms with Crippen LogP contribution in [0.2, 0.25) is 0 Å². The van der Waals surface area contributed by atoms with Crippen LogP contribution in [0, 0.1) is 0 Å². The van der Waals surface area contributed by atoms with Gasteiger partial charge in [0.2, 0.25) is 0 Å².